The number of carbonyl (C=O) groups excluding carboxylic acids is 1. The van der Waals surface area contributed by atoms with E-state index in [-0.39, 0.29) is 6.03 Å². The van der Waals surface area contributed by atoms with E-state index in [0.29, 0.717) is 12.6 Å². The van der Waals surface area contributed by atoms with E-state index in [9.17, 15) is 4.79 Å². The number of likely N-dealkylation sites (tertiary alicyclic amines) is 1. The number of hydrogen-bond donors (Lipinski definition) is 1. The first-order valence-electron chi connectivity index (χ1n) is 7.68. The van der Waals surface area contributed by atoms with Crippen LogP contribution in [0, 0.1) is 0 Å². The summed E-state index contributed by atoms with van der Waals surface area (Å²) in [6.07, 6.45) is 7.63. The van der Waals surface area contributed by atoms with Crippen molar-refractivity contribution in [3.63, 3.8) is 0 Å². The second-order valence-electron chi connectivity index (χ2n) is 5.55. The zero-order valence-corrected chi connectivity index (χ0v) is 14.2. The number of carbonyl (C=O) groups is 1. The molecule has 7 heteroatoms. The zero-order chi connectivity index (χ0) is 15.8. The Bertz CT molecular complexity index is 459. The molecule has 1 aromatic rings. The lowest BCUT2D eigenvalue weighted by Gasteiger charge is -2.24. The highest BCUT2D eigenvalue weighted by atomic mass is 32.2. The average Bonchev–Trinajstić information content (AvgIpc) is 3.02. The van der Waals surface area contributed by atoms with Crippen LogP contribution in [-0.2, 0) is 6.54 Å². The Morgan fingerprint density at radius 3 is 3.00 bits per heavy atom. The van der Waals surface area contributed by atoms with E-state index in [1.165, 1.54) is 0 Å². The SMILES string of the molecule is CSCCCNC(=O)N1CCC(N(C)Cc2ncccn2)C1. The smallest absolute Gasteiger partial charge is 0.317 e. The highest BCUT2D eigenvalue weighted by Gasteiger charge is 2.28. The van der Waals surface area contributed by atoms with Gasteiger partial charge in [0.05, 0.1) is 6.54 Å². The third-order valence-corrected chi connectivity index (χ3v) is 4.58. The summed E-state index contributed by atoms with van der Waals surface area (Å²) < 4.78 is 0. The molecule has 6 nitrogen and oxygen atoms in total. The van der Waals surface area contributed by atoms with E-state index in [1.807, 2.05) is 22.7 Å². The lowest BCUT2D eigenvalue weighted by Crippen LogP contribution is -2.41. The van der Waals surface area contributed by atoms with Crippen LogP contribution >= 0.6 is 11.8 Å². The maximum Gasteiger partial charge on any atom is 0.317 e. The maximum absolute atomic E-state index is 12.1. The summed E-state index contributed by atoms with van der Waals surface area (Å²) in [5.41, 5.74) is 0. The van der Waals surface area contributed by atoms with Gasteiger partial charge in [-0.1, -0.05) is 0 Å². The number of rotatable bonds is 7. The first kappa shape index (κ1) is 17.0. The van der Waals surface area contributed by atoms with Crippen LogP contribution in [0.1, 0.15) is 18.7 Å². The Hall–Kier alpha value is -1.34. The van der Waals surface area contributed by atoms with Crippen molar-refractivity contribution in [2.45, 2.75) is 25.4 Å². The number of thioether (sulfide) groups is 1. The molecular weight excluding hydrogens is 298 g/mol. The fourth-order valence-electron chi connectivity index (χ4n) is 2.57. The molecule has 0 aromatic carbocycles. The van der Waals surface area contributed by atoms with Gasteiger partial charge in [0.25, 0.3) is 0 Å². The molecule has 0 aliphatic carbocycles. The Kier molecular flexibility index (Phi) is 6.92. The predicted molar refractivity (Wildman–Crippen MR) is 89.9 cm³/mol. The van der Waals surface area contributed by atoms with Crippen LogP contribution in [0.25, 0.3) is 0 Å². The first-order valence-corrected chi connectivity index (χ1v) is 9.08. The lowest BCUT2D eigenvalue weighted by atomic mass is 10.2. The number of nitrogens with zero attached hydrogens (tertiary/aromatic N) is 4. The summed E-state index contributed by atoms with van der Waals surface area (Å²) in [7, 11) is 2.07. The van der Waals surface area contributed by atoms with Crippen molar-refractivity contribution in [3.8, 4) is 0 Å². The topological polar surface area (TPSA) is 61.4 Å². The molecule has 1 fully saturated rings. The summed E-state index contributed by atoms with van der Waals surface area (Å²) in [5, 5.41) is 3.00. The van der Waals surface area contributed by atoms with Gasteiger partial charge < -0.3 is 10.2 Å². The van der Waals surface area contributed by atoms with Crippen molar-refractivity contribution in [2.24, 2.45) is 0 Å². The standard InChI is InChI=1S/C15H25N5OS/c1-19(12-14-16-6-3-7-17-14)13-5-9-20(11-13)15(21)18-8-4-10-22-2/h3,6-7,13H,4-5,8-12H2,1-2H3,(H,18,21). The normalized spacial score (nSPS) is 18.0. The largest absolute Gasteiger partial charge is 0.338 e. The van der Waals surface area contributed by atoms with Gasteiger partial charge in [-0.25, -0.2) is 14.8 Å². The first-order chi connectivity index (χ1) is 10.7. The molecule has 1 aliphatic heterocycles. The van der Waals surface area contributed by atoms with Crippen molar-refractivity contribution >= 4 is 17.8 Å². The average molecular weight is 323 g/mol. The molecule has 2 amide bonds. The molecule has 1 atom stereocenters. The van der Waals surface area contributed by atoms with Crippen LogP contribution in [0.3, 0.4) is 0 Å². The number of nitrogens with one attached hydrogen (secondary N) is 1. The summed E-state index contributed by atoms with van der Waals surface area (Å²) in [6.45, 7) is 3.07. The molecule has 1 N–H and O–H groups in total. The Morgan fingerprint density at radius 1 is 1.50 bits per heavy atom. The molecule has 1 aromatic heterocycles. The summed E-state index contributed by atoms with van der Waals surface area (Å²) in [4.78, 5) is 24.8. The number of hydrogen-bond acceptors (Lipinski definition) is 5. The van der Waals surface area contributed by atoms with Crippen molar-refractivity contribution in [1.82, 2.24) is 25.1 Å². The lowest BCUT2D eigenvalue weighted by molar-refractivity contribution is 0.196. The molecule has 122 valence electrons. The molecule has 1 unspecified atom stereocenters. The zero-order valence-electron chi connectivity index (χ0n) is 13.4. The fourth-order valence-corrected chi connectivity index (χ4v) is 3.01. The van der Waals surface area contributed by atoms with Crippen LogP contribution in [0.15, 0.2) is 18.5 Å². The van der Waals surface area contributed by atoms with E-state index in [2.05, 4.69) is 33.5 Å². The molecule has 1 aliphatic rings. The summed E-state index contributed by atoms with van der Waals surface area (Å²) in [5.74, 6) is 1.91. The van der Waals surface area contributed by atoms with Gasteiger partial charge in [-0.15, -0.1) is 0 Å². The van der Waals surface area contributed by atoms with Crippen LogP contribution in [-0.4, -0.2) is 70.5 Å². The number of urea groups is 1. The number of amides is 2. The van der Waals surface area contributed by atoms with E-state index >= 15 is 0 Å². The van der Waals surface area contributed by atoms with Crippen LogP contribution in [0.5, 0.6) is 0 Å². The van der Waals surface area contributed by atoms with Gasteiger partial charge in [0, 0.05) is 38.1 Å². The maximum atomic E-state index is 12.1. The van der Waals surface area contributed by atoms with Crippen molar-refractivity contribution in [2.75, 3.05) is 38.7 Å². The van der Waals surface area contributed by atoms with Gasteiger partial charge in [-0.3, -0.25) is 4.90 Å². The summed E-state index contributed by atoms with van der Waals surface area (Å²) >= 11 is 1.81. The molecule has 0 radical (unpaired) electrons. The third kappa shape index (κ3) is 5.14. The van der Waals surface area contributed by atoms with Crippen molar-refractivity contribution in [3.05, 3.63) is 24.3 Å². The Balaban J connectivity index is 1.73. The molecule has 2 rings (SSSR count). The molecule has 22 heavy (non-hydrogen) atoms. The predicted octanol–water partition coefficient (Wildman–Crippen LogP) is 1.45. The van der Waals surface area contributed by atoms with Crippen molar-refractivity contribution in [1.29, 1.82) is 0 Å². The fraction of sp³-hybridized carbons (Fsp3) is 0.667. The van der Waals surface area contributed by atoms with Crippen molar-refractivity contribution < 1.29 is 4.79 Å². The number of aromatic nitrogens is 2. The van der Waals surface area contributed by atoms with Crippen LogP contribution in [0.4, 0.5) is 4.79 Å². The molecule has 2 heterocycles. The van der Waals surface area contributed by atoms with E-state index < -0.39 is 0 Å². The minimum Gasteiger partial charge on any atom is -0.338 e. The van der Waals surface area contributed by atoms with Gasteiger partial charge in [0.15, 0.2) is 0 Å². The minimum atomic E-state index is 0.0629. The van der Waals surface area contributed by atoms with Crippen LogP contribution in [0.2, 0.25) is 0 Å². The van der Waals surface area contributed by atoms with Gasteiger partial charge in [0.2, 0.25) is 0 Å². The Morgan fingerprint density at radius 2 is 2.27 bits per heavy atom. The molecule has 1 saturated heterocycles. The third-order valence-electron chi connectivity index (χ3n) is 3.89. The molecule has 0 spiro atoms. The van der Waals surface area contributed by atoms with E-state index in [4.69, 9.17) is 0 Å². The van der Waals surface area contributed by atoms with Gasteiger partial charge >= 0.3 is 6.03 Å². The molecule has 0 saturated carbocycles. The summed E-state index contributed by atoms with van der Waals surface area (Å²) in [6, 6.07) is 2.26. The molecular formula is C15H25N5OS. The quantitative estimate of drug-likeness (QED) is 0.770. The second kappa shape index (κ2) is 8.95. The second-order valence-corrected chi connectivity index (χ2v) is 6.53. The van der Waals surface area contributed by atoms with E-state index in [0.717, 1.165) is 44.1 Å². The highest BCUT2D eigenvalue weighted by Crippen LogP contribution is 2.15. The van der Waals surface area contributed by atoms with Gasteiger partial charge in [-0.2, -0.15) is 11.8 Å². The minimum absolute atomic E-state index is 0.0629. The Labute approximate surface area is 136 Å². The van der Waals surface area contributed by atoms with Crippen LogP contribution < -0.4 is 5.32 Å². The molecule has 0 bridgehead atoms. The monoisotopic (exact) mass is 323 g/mol. The van der Waals surface area contributed by atoms with Gasteiger partial charge in [0.1, 0.15) is 5.82 Å². The van der Waals surface area contributed by atoms with Gasteiger partial charge in [-0.05, 0) is 38.0 Å². The number of likely N-dealkylation sites (N-methyl/N-ethyl adjacent to an activating group) is 1. The van der Waals surface area contributed by atoms with E-state index in [1.54, 1.807) is 12.4 Å². The highest BCUT2D eigenvalue weighted by molar-refractivity contribution is 7.98.